The fraction of sp³-hybridized carbons (Fsp3) is 0.294. The van der Waals surface area contributed by atoms with Crippen LogP contribution in [0.4, 0.5) is 5.69 Å². The highest BCUT2D eigenvalue weighted by Crippen LogP contribution is 2.21. The fourth-order valence-electron chi connectivity index (χ4n) is 2.12. The number of anilines is 1. The quantitative estimate of drug-likeness (QED) is 0.795. The van der Waals surface area contributed by atoms with E-state index in [0.717, 1.165) is 11.3 Å². The second kappa shape index (κ2) is 7.02. The smallest absolute Gasteiger partial charge is 0.241 e. The summed E-state index contributed by atoms with van der Waals surface area (Å²) in [6, 6.07) is 13.1. The van der Waals surface area contributed by atoms with E-state index in [0.29, 0.717) is 5.69 Å². The van der Waals surface area contributed by atoms with Crippen molar-refractivity contribution in [2.24, 2.45) is 0 Å². The third-order valence-electron chi connectivity index (χ3n) is 3.27. The Labute approximate surface area is 137 Å². The molecule has 2 rings (SSSR count). The minimum Gasteiger partial charge on any atom is -0.491 e. The Bertz CT molecular complexity index is 738. The first-order valence-corrected chi connectivity index (χ1v) is 8.91. The zero-order chi connectivity index (χ0) is 17.0. The molecule has 0 spiro atoms. The molecular formula is C17H22N2O3S. The van der Waals surface area contributed by atoms with Crippen LogP contribution in [0, 0.1) is 0 Å². The van der Waals surface area contributed by atoms with Crippen LogP contribution < -0.4 is 15.2 Å². The molecule has 0 heterocycles. The van der Waals surface area contributed by atoms with E-state index in [1.54, 1.807) is 19.1 Å². The average Bonchev–Trinajstić information content (AvgIpc) is 2.47. The number of nitrogens with one attached hydrogen (secondary N) is 1. The number of benzene rings is 2. The molecule has 0 saturated carbocycles. The SMILES string of the molecule is CC(C)Oc1ccc([C@@H](C)NS(=O)(=O)c2ccc(N)cc2)cc1. The van der Waals surface area contributed by atoms with Crippen molar-refractivity contribution in [1.29, 1.82) is 0 Å². The molecule has 0 aliphatic carbocycles. The summed E-state index contributed by atoms with van der Waals surface area (Å²) in [7, 11) is -3.59. The lowest BCUT2D eigenvalue weighted by Gasteiger charge is -2.16. The molecule has 0 aliphatic rings. The van der Waals surface area contributed by atoms with E-state index in [2.05, 4.69) is 4.72 Å². The maximum absolute atomic E-state index is 12.4. The Hall–Kier alpha value is -2.05. The van der Waals surface area contributed by atoms with Crippen LogP contribution in [-0.4, -0.2) is 14.5 Å². The predicted octanol–water partition coefficient (Wildman–Crippen LogP) is 3.10. The van der Waals surface area contributed by atoms with Gasteiger partial charge in [-0.05, 0) is 62.7 Å². The van der Waals surface area contributed by atoms with Crippen LogP contribution in [0.2, 0.25) is 0 Å². The molecule has 5 nitrogen and oxygen atoms in total. The van der Waals surface area contributed by atoms with E-state index < -0.39 is 10.0 Å². The van der Waals surface area contributed by atoms with Crippen molar-refractivity contribution in [1.82, 2.24) is 4.72 Å². The fourth-order valence-corrected chi connectivity index (χ4v) is 3.36. The minimum atomic E-state index is -3.59. The summed E-state index contributed by atoms with van der Waals surface area (Å²) >= 11 is 0. The molecule has 2 aromatic rings. The van der Waals surface area contributed by atoms with Gasteiger partial charge in [-0.15, -0.1) is 0 Å². The summed E-state index contributed by atoms with van der Waals surface area (Å²) < 4.78 is 33.0. The van der Waals surface area contributed by atoms with Gasteiger partial charge in [-0.2, -0.15) is 0 Å². The van der Waals surface area contributed by atoms with E-state index in [-0.39, 0.29) is 17.0 Å². The molecule has 2 aromatic carbocycles. The van der Waals surface area contributed by atoms with Gasteiger partial charge in [0.05, 0.1) is 11.0 Å². The summed E-state index contributed by atoms with van der Waals surface area (Å²) in [6.07, 6.45) is 0.0993. The number of hydrogen-bond acceptors (Lipinski definition) is 4. The van der Waals surface area contributed by atoms with Gasteiger partial charge in [0.2, 0.25) is 10.0 Å². The van der Waals surface area contributed by atoms with Gasteiger partial charge in [-0.25, -0.2) is 13.1 Å². The van der Waals surface area contributed by atoms with Crippen LogP contribution in [0.5, 0.6) is 5.75 Å². The first kappa shape index (κ1) is 17.3. The Morgan fingerprint density at radius 1 is 0.957 bits per heavy atom. The van der Waals surface area contributed by atoms with Crippen LogP contribution in [0.15, 0.2) is 53.4 Å². The number of nitrogens with two attached hydrogens (primary N) is 1. The molecule has 0 saturated heterocycles. The molecule has 0 amide bonds. The second-order valence-electron chi connectivity index (χ2n) is 5.65. The van der Waals surface area contributed by atoms with Crippen LogP contribution in [0.3, 0.4) is 0 Å². The molecule has 6 heteroatoms. The maximum atomic E-state index is 12.4. The van der Waals surface area contributed by atoms with Crippen LogP contribution >= 0.6 is 0 Å². The van der Waals surface area contributed by atoms with Crippen molar-refractivity contribution in [2.45, 2.75) is 37.8 Å². The number of sulfonamides is 1. The monoisotopic (exact) mass is 334 g/mol. The van der Waals surface area contributed by atoms with Gasteiger partial charge in [-0.3, -0.25) is 0 Å². The highest BCUT2D eigenvalue weighted by atomic mass is 32.2. The van der Waals surface area contributed by atoms with Gasteiger partial charge in [0, 0.05) is 11.7 Å². The molecule has 0 aliphatic heterocycles. The largest absolute Gasteiger partial charge is 0.491 e. The van der Waals surface area contributed by atoms with Gasteiger partial charge in [-0.1, -0.05) is 12.1 Å². The van der Waals surface area contributed by atoms with E-state index in [4.69, 9.17) is 10.5 Å². The first-order chi connectivity index (χ1) is 10.8. The number of hydrogen-bond donors (Lipinski definition) is 2. The van der Waals surface area contributed by atoms with E-state index in [1.807, 2.05) is 38.1 Å². The van der Waals surface area contributed by atoms with Crippen molar-refractivity contribution in [3.05, 3.63) is 54.1 Å². The summed E-state index contributed by atoms with van der Waals surface area (Å²) in [5.41, 5.74) is 6.97. The van der Waals surface area contributed by atoms with Gasteiger partial charge < -0.3 is 10.5 Å². The lowest BCUT2D eigenvalue weighted by Crippen LogP contribution is -2.26. The molecule has 0 aromatic heterocycles. The molecule has 23 heavy (non-hydrogen) atoms. The first-order valence-electron chi connectivity index (χ1n) is 7.42. The lowest BCUT2D eigenvalue weighted by molar-refractivity contribution is 0.242. The topological polar surface area (TPSA) is 81.4 Å². The third-order valence-corrected chi connectivity index (χ3v) is 4.83. The zero-order valence-corrected chi connectivity index (χ0v) is 14.3. The Balaban J connectivity index is 2.11. The standard InChI is InChI=1S/C17H22N2O3S/c1-12(2)22-16-8-4-14(5-9-16)13(3)19-23(20,21)17-10-6-15(18)7-11-17/h4-13,19H,18H2,1-3H3/t13-/m1/s1. The molecule has 124 valence electrons. The Morgan fingerprint density at radius 3 is 2.04 bits per heavy atom. The molecule has 0 fully saturated rings. The van der Waals surface area contributed by atoms with Crippen molar-refractivity contribution >= 4 is 15.7 Å². The van der Waals surface area contributed by atoms with Gasteiger partial charge in [0.25, 0.3) is 0 Å². The van der Waals surface area contributed by atoms with E-state index >= 15 is 0 Å². The summed E-state index contributed by atoms with van der Waals surface area (Å²) in [5.74, 6) is 0.761. The lowest BCUT2D eigenvalue weighted by atomic mass is 10.1. The molecule has 1 atom stereocenters. The minimum absolute atomic E-state index is 0.0993. The third kappa shape index (κ3) is 4.71. The Morgan fingerprint density at radius 2 is 1.52 bits per heavy atom. The summed E-state index contributed by atoms with van der Waals surface area (Å²) in [5, 5.41) is 0. The molecule has 3 N–H and O–H groups in total. The van der Waals surface area contributed by atoms with Crippen LogP contribution in [0.25, 0.3) is 0 Å². The normalized spacial score (nSPS) is 13.0. The van der Waals surface area contributed by atoms with Crippen molar-refractivity contribution in [3.63, 3.8) is 0 Å². The summed E-state index contributed by atoms with van der Waals surface area (Å²) in [6.45, 7) is 5.71. The molecule has 0 radical (unpaired) electrons. The van der Waals surface area contributed by atoms with Crippen LogP contribution in [0.1, 0.15) is 32.4 Å². The average molecular weight is 334 g/mol. The van der Waals surface area contributed by atoms with Crippen LogP contribution in [-0.2, 0) is 10.0 Å². The number of rotatable bonds is 6. The predicted molar refractivity (Wildman–Crippen MR) is 91.8 cm³/mol. The summed E-state index contributed by atoms with van der Waals surface area (Å²) in [4.78, 5) is 0.193. The molecule has 0 unspecified atom stereocenters. The highest BCUT2D eigenvalue weighted by molar-refractivity contribution is 7.89. The van der Waals surface area contributed by atoms with Crippen molar-refractivity contribution in [2.75, 3.05) is 5.73 Å². The maximum Gasteiger partial charge on any atom is 0.241 e. The van der Waals surface area contributed by atoms with Gasteiger partial charge >= 0.3 is 0 Å². The highest BCUT2D eigenvalue weighted by Gasteiger charge is 2.18. The van der Waals surface area contributed by atoms with Gasteiger partial charge in [0.15, 0.2) is 0 Å². The van der Waals surface area contributed by atoms with Crippen molar-refractivity contribution in [3.8, 4) is 5.75 Å². The molecular weight excluding hydrogens is 312 g/mol. The van der Waals surface area contributed by atoms with E-state index in [1.165, 1.54) is 12.1 Å². The molecule has 0 bridgehead atoms. The van der Waals surface area contributed by atoms with E-state index in [9.17, 15) is 8.42 Å². The Kier molecular flexibility index (Phi) is 5.28. The zero-order valence-electron chi connectivity index (χ0n) is 13.5. The van der Waals surface area contributed by atoms with Gasteiger partial charge in [0.1, 0.15) is 5.75 Å². The van der Waals surface area contributed by atoms with Crippen molar-refractivity contribution < 1.29 is 13.2 Å². The second-order valence-corrected chi connectivity index (χ2v) is 7.36. The number of nitrogen functional groups attached to an aromatic ring is 1. The number of ether oxygens (including phenoxy) is 1.